The van der Waals surface area contributed by atoms with Crippen LogP contribution in [0.4, 0.5) is 5.82 Å². The minimum absolute atomic E-state index is 0.0199. The Kier molecular flexibility index (Phi) is 4.45. The van der Waals surface area contributed by atoms with Crippen molar-refractivity contribution in [1.82, 2.24) is 9.78 Å². The zero-order valence-electron chi connectivity index (χ0n) is 14.5. The number of rotatable bonds is 4. The molecule has 0 aliphatic carbocycles. The summed E-state index contributed by atoms with van der Waals surface area (Å²) in [6.45, 7) is 3.80. The SMILES string of the molecule is COC(=O)c1ccc([C@@H]2c3cnn(C(C)C)c3NC(=O)[C@H]2[N+](=O)[O-])cc1. The summed E-state index contributed by atoms with van der Waals surface area (Å²) in [5, 5.41) is 18.4. The lowest BCUT2D eigenvalue weighted by atomic mass is 9.83. The standard InChI is InChI=1S/C17H18N4O5/c1-9(2)20-15-12(8-18-20)13(14(21(24)25)16(22)19-15)10-4-6-11(7-5-10)17(23)26-3/h4-9,13-14H,1-3H3,(H,19,22)/t13-,14+/m1/s1. The van der Waals surface area contributed by atoms with Crippen LogP contribution in [0.5, 0.6) is 0 Å². The van der Waals surface area contributed by atoms with Gasteiger partial charge < -0.3 is 10.1 Å². The molecule has 1 amide bonds. The molecule has 26 heavy (non-hydrogen) atoms. The van der Waals surface area contributed by atoms with Crippen LogP contribution in [0.1, 0.15) is 47.3 Å². The number of amides is 1. The molecule has 1 N–H and O–H groups in total. The van der Waals surface area contributed by atoms with E-state index in [0.29, 0.717) is 22.5 Å². The van der Waals surface area contributed by atoms with Crippen molar-refractivity contribution in [2.75, 3.05) is 12.4 Å². The highest BCUT2D eigenvalue weighted by Gasteiger charge is 2.47. The number of anilines is 1. The van der Waals surface area contributed by atoms with Crippen LogP contribution >= 0.6 is 0 Å². The minimum Gasteiger partial charge on any atom is -0.465 e. The molecule has 1 aliphatic heterocycles. The summed E-state index contributed by atoms with van der Waals surface area (Å²) in [4.78, 5) is 35.0. The van der Waals surface area contributed by atoms with Gasteiger partial charge in [0.05, 0.1) is 24.8 Å². The normalized spacial score (nSPS) is 19.0. The van der Waals surface area contributed by atoms with Gasteiger partial charge >= 0.3 is 17.9 Å². The van der Waals surface area contributed by atoms with Crippen molar-refractivity contribution in [3.63, 3.8) is 0 Å². The number of nitrogens with one attached hydrogen (secondary N) is 1. The van der Waals surface area contributed by atoms with Crippen LogP contribution in [0, 0.1) is 10.1 Å². The highest BCUT2D eigenvalue weighted by atomic mass is 16.6. The van der Waals surface area contributed by atoms with Gasteiger partial charge in [-0.2, -0.15) is 5.10 Å². The average molecular weight is 358 g/mol. The Labute approximate surface area is 149 Å². The van der Waals surface area contributed by atoms with E-state index in [-0.39, 0.29) is 6.04 Å². The number of carbonyl (C=O) groups excluding carboxylic acids is 2. The molecule has 0 unspecified atom stereocenters. The number of methoxy groups -OCH3 is 1. The molecule has 1 aromatic carbocycles. The van der Waals surface area contributed by atoms with Gasteiger partial charge in [0.25, 0.3) is 0 Å². The third-order valence-electron chi connectivity index (χ3n) is 4.39. The summed E-state index contributed by atoms with van der Waals surface area (Å²) in [6.07, 6.45) is 1.55. The number of hydrogen-bond donors (Lipinski definition) is 1. The summed E-state index contributed by atoms with van der Waals surface area (Å²) in [5.41, 5.74) is 1.46. The van der Waals surface area contributed by atoms with Crippen molar-refractivity contribution in [1.29, 1.82) is 0 Å². The number of esters is 1. The smallest absolute Gasteiger partial charge is 0.337 e. The number of benzene rings is 1. The molecule has 0 saturated carbocycles. The fourth-order valence-electron chi connectivity index (χ4n) is 3.16. The van der Waals surface area contributed by atoms with E-state index in [1.807, 2.05) is 13.8 Å². The van der Waals surface area contributed by atoms with Crippen molar-refractivity contribution in [2.24, 2.45) is 0 Å². The van der Waals surface area contributed by atoms with Gasteiger partial charge in [0.2, 0.25) is 0 Å². The lowest BCUT2D eigenvalue weighted by Crippen LogP contribution is -2.44. The van der Waals surface area contributed by atoms with E-state index in [1.165, 1.54) is 19.2 Å². The predicted molar refractivity (Wildman–Crippen MR) is 91.6 cm³/mol. The first-order valence-corrected chi connectivity index (χ1v) is 8.05. The first-order valence-electron chi connectivity index (χ1n) is 8.05. The molecule has 9 nitrogen and oxygen atoms in total. The minimum atomic E-state index is -1.48. The number of carbonyl (C=O) groups is 2. The van der Waals surface area contributed by atoms with Crippen LogP contribution in [0.2, 0.25) is 0 Å². The molecule has 0 saturated heterocycles. The third kappa shape index (κ3) is 2.81. The van der Waals surface area contributed by atoms with Crippen LogP contribution < -0.4 is 5.32 Å². The molecule has 136 valence electrons. The van der Waals surface area contributed by atoms with Gasteiger partial charge in [-0.3, -0.25) is 14.9 Å². The zero-order valence-corrected chi connectivity index (χ0v) is 14.5. The fourth-order valence-corrected chi connectivity index (χ4v) is 3.16. The maximum atomic E-state index is 12.4. The largest absolute Gasteiger partial charge is 0.465 e. The number of nitrogens with zero attached hydrogens (tertiary/aromatic N) is 3. The lowest BCUT2D eigenvalue weighted by Gasteiger charge is -2.27. The average Bonchev–Trinajstić information content (AvgIpc) is 3.03. The van der Waals surface area contributed by atoms with Crippen molar-refractivity contribution in [3.05, 3.63) is 57.3 Å². The van der Waals surface area contributed by atoms with Gasteiger partial charge in [-0.15, -0.1) is 0 Å². The topological polar surface area (TPSA) is 116 Å². The number of hydrogen-bond acceptors (Lipinski definition) is 6. The van der Waals surface area contributed by atoms with E-state index in [9.17, 15) is 19.7 Å². The Morgan fingerprint density at radius 3 is 2.54 bits per heavy atom. The monoisotopic (exact) mass is 358 g/mol. The molecule has 9 heteroatoms. The van der Waals surface area contributed by atoms with Gasteiger partial charge in [0, 0.05) is 16.5 Å². The second-order valence-electron chi connectivity index (χ2n) is 6.30. The molecule has 2 heterocycles. The summed E-state index contributed by atoms with van der Waals surface area (Å²) in [7, 11) is 1.27. The summed E-state index contributed by atoms with van der Waals surface area (Å²) in [5.74, 6) is -1.53. The number of nitro groups is 1. The molecule has 0 fully saturated rings. The lowest BCUT2D eigenvalue weighted by molar-refractivity contribution is -0.509. The molecule has 1 aliphatic rings. The Morgan fingerprint density at radius 1 is 1.35 bits per heavy atom. The Hall–Kier alpha value is -3.23. The van der Waals surface area contributed by atoms with Crippen LogP contribution in [0.3, 0.4) is 0 Å². The number of ether oxygens (including phenoxy) is 1. The quantitative estimate of drug-likeness (QED) is 0.507. The predicted octanol–water partition coefficient (Wildman–Crippen LogP) is 1.98. The van der Waals surface area contributed by atoms with E-state index in [2.05, 4.69) is 15.2 Å². The van der Waals surface area contributed by atoms with E-state index in [1.54, 1.807) is 23.0 Å². The summed E-state index contributed by atoms with van der Waals surface area (Å²) < 4.78 is 6.28. The Bertz CT molecular complexity index is 872. The summed E-state index contributed by atoms with van der Waals surface area (Å²) >= 11 is 0. The van der Waals surface area contributed by atoms with Crippen LogP contribution in [0.15, 0.2) is 30.5 Å². The van der Waals surface area contributed by atoms with Crippen molar-refractivity contribution < 1.29 is 19.2 Å². The van der Waals surface area contributed by atoms with Gasteiger partial charge in [-0.05, 0) is 31.5 Å². The van der Waals surface area contributed by atoms with Crippen molar-refractivity contribution in [2.45, 2.75) is 31.8 Å². The zero-order chi connectivity index (χ0) is 19.0. The van der Waals surface area contributed by atoms with Crippen LogP contribution in [-0.2, 0) is 9.53 Å². The highest BCUT2D eigenvalue weighted by Crippen LogP contribution is 2.39. The second-order valence-corrected chi connectivity index (χ2v) is 6.30. The van der Waals surface area contributed by atoms with E-state index in [4.69, 9.17) is 0 Å². The molecule has 2 atom stereocenters. The Morgan fingerprint density at radius 2 is 2.00 bits per heavy atom. The first-order chi connectivity index (χ1) is 12.3. The third-order valence-corrected chi connectivity index (χ3v) is 4.39. The van der Waals surface area contributed by atoms with Gasteiger partial charge in [-0.1, -0.05) is 12.1 Å². The molecule has 2 aromatic rings. The number of aromatic nitrogens is 2. The number of fused-ring (bicyclic) bond motifs is 1. The van der Waals surface area contributed by atoms with Crippen LogP contribution in [0.25, 0.3) is 0 Å². The first kappa shape index (κ1) is 17.6. The van der Waals surface area contributed by atoms with Crippen LogP contribution in [-0.4, -0.2) is 39.7 Å². The fraction of sp³-hybridized carbons (Fsp3) is 0.353. The molecule has 0 spiro atoms. The molecular weight excluding hydrogens is 340 g/mol. The highest BCUT2D eigenvalue weighted by molar-refractivity contribution is 5.98. The molecule has 0 bridgehead atoms. The molecular formula is C17H18N4O5. The summed E-state index contributed by atoms with van der Waals surface area (Å²) in [6, 6.07) is 4.75. The van der Waals surface area contributed by atoms with Gasteiger partial charge in [0.1, 0.15) is 5.82 Å². The molecule has 1 aromatic heterocycles. The second kappa shape index (κ2) is 6.58. The molecule has 0 radical (unpaired) electrons. The van der Waals surface area contributed by atoms with Crippen molar-refractivity contribution >= 4 is 17.7 Å². The van der Waals surface area contributed by atoms with Gasteiger partial charge in [-0.25, -0.2) is 9.48 Å². The van der Waals surface area contributed by atoms with E-state index < -0.39 is 28.8 Å². The van der Waals surface area contributed by atoms with Crippen molar-refractivity contribution in [3.8, 4) is 0 Å². The Balaban J connectivity index is 2.11. The maximum Gasteiger partial charge on any atom is 0.337 e. The molecule has 3 rings (SSSR count). The van der Waals surface area contributed by atoms with Gasteiger partial charge in [0.15, 0.2) is 0 Å². The van der Waals surface area contributed by atoms with E-state index >= 15 is 0 Å². The maximum absolute atomic E-state index is 12.4. The van der Waals surface area contributed by atoms with E-state index in [0.717, 1.165) is 0 Å².